The van der Waals surface area contributed by atoms with Crippen LogP contribution in [0.3, 0.4) is 0 Å². The fourth-order valence-electron chi connectivity index (χ4n) is 3.61. The van der Waals surface area contributed by atoms with E-state index < -0.39 is 10.2 Å². The van der Waals surface area contributed by atoms with Gasteiger partial charge in [-0.15, -0.1) is 4.21 Å². The maximum absolute atomic E-state index is 13.1. The molecular weight excluding hydrogens is 455 g/mol. The van der Waals surface area contributed by atoms with Gasteiger partial charge in [-0.25, -0.2) is 4.98 Å². The third kappa shape index (κ3) is 4.91. The van der Waals surface area contributed by atoms with Crippen LogP contribution in [-0.2, 0) is 20.2 Å². The van der Waals surface area contributed by atoms with Gasteiger partial charge in [-0.1, -0.05) is 23.2 Å². The molecule has 1 aliphatic heterocycles. The number of anilines is 1. The minimum Gasteiger partial charge on any atom is -0.610 e. The second kappa shape index (κ2) is 9.22. The Morgan fingerprint density at radius 2 is 1.81 bits per heavy atom. The van der Waals surface area contributed by atoms with Gasteiger partial charge < -0.3 is 14.8 Å². The topological polar surface area (TPSA) is 81.2 Å². The summed E-state index contributed by atoms with van der Waals surface area (Å²) < 4.78 is 26.2. The predicted octanol–water partition coefficient (Wildman–Crippen LogP) is 4.36. The molecule has 3 heterocycles. The van der Waals surface area contributed by atoms with Gasteiger partial charge in [0.2, 0.25) is 0 Å². The number of benzene rings is 1. The van der Waals surface area contributed by atoms with Gasteiger partial charge in [0.05, 0.1) is 20.3 Å². The highest BCUT2D eigenvalue weighted by molar-refractivity contribution is 7.97. The van der Waals surface area contributed by atoms with Crippen molar-refractivity contribution in [3.8, 4) is 11.1 Å². The molecule has 6 nitrogen and oxygen atoms in total. The SMILES string of the molecule is Cc1ccncc1C[S+](=O)([O-])c1c(Cl)cc(-c2ccnc(N3CCNCC3)c2)cc1Cl. The number of nitrogens with one attached hydrogen (secondary N) is 1. The van der Waals surface area contributed by atoms with Crippen molar-refractivity contribution in [2.45, 2.75) is 17.6 Å². The molecular formula is C22H22Cl2N4O2S. The van der Waals surface area contributed by atoms with Gasteiger partial charge in [0.1, 0.15) is 11.6 Å². The number of hydrogen-bond donors (Lipinski definition) is 1. The van der Waals surface area contributed by atoms with Crippen LogP contribution < -0.4 is 10.2 Å². The minimum atomic E-state index is -3.75. The molecule has 1 saturated heterocycles. The molecule has 1 N–H and O–H groups in total. The van der Waals surface area contributed by atoms with Crippen LogP contribution in [0.15, 0.2) is 53.8 Å². The fraction of sp³-hybridized carbons (Fsp3) is 0.273. The largest absolute Gasteiger partial charge is 0.610 e. The molecule has 1 aromatic carbocycles. The molecule has 0 radical (unpaired) electrons. The van der Waals surface area contributed by atoms with Crippen LogP contribution in [0.25, 0.3) is 11.1 Å². The average Bonchev–Trinajstić information content (AvgIpc) is 2.75. The van der Waals surface area contributed by atoms with Crippen molar-refractivity contribution in [3.05, 3.63) is 70.1 Å². The van der Waals surface area contributed by atoms with E-state index in [0.717, 1.165) is 48.7 Å². The monoisotopic (exact) mass is 476 g/mol. The van der Waals surface area contributed by atoms with E-state index in [1.165, 1.54) is 0 Å². The maximum atomic E-state index is 13.1. The summed E-state index contributed by atoms with van der Waals surface area (Å²) in [6.45, 7) is 5.42. The molecule has 0 spiro atoms. The van der Waals surface area contributed by atoms with Gasteiger partial charge in [-0.3, -0.25) is 4.98 Å². The fourth-order valence-corrected chi connectivity index (χ4v) is 6.37. The molecule has 9 heteroatoms. The van der Waals surface area contributed by atoms with E-state index in [2.05, 4.69) is 20.2 Å². The van der Waals surface area contributed by atoms with E-state index in [4.69, 9.17) is 23.2 Å². The Morgan fingerprint density at radius 3 is 2.48 bits per heavy atom. The Balaban J connectivity index is 1.66. The summed E-state index contributed by atoms with van der Waals surface area (Å²) in [5.41, 5.74) is 3.08. The average molecular weight is 477 g/mol. The van der Waals surface area contributed by atoms with Gasteiger partial charge in [-0.2, -0.15) is 0 Å². The number of rotatable bonds is 5. The summed E-state index contributed by atoms with van der Waals surface area (Å²) in [4.78, 5) is 10.7. The van der Waals surface area contributed by atoms with Crippen LogP contribution in [-0.4, -0.2) is 40.7 Å². The van der Waals surface area contributed by atoms with Gasteiger partial charge >= 0.3 is 0 Å². The summed E-state index contributed by atoms with van der Waals surface area (Å²) in [6.07, 6.45) is 4.92. The molecule has 1 unspecified atom stereocenters. The van der Waals surface area contributed by atoms with Crippen molar-refractivity contribution in [1.29, 1.82) is 0 Å². The number of hydrogen-bond acceptors (Lipinski definition) is 6. The zero-order valence-electron chi connectivity index (χ0n) is 17.0. The van der Waals surface area contributed by atoms with E-state index in [1.807, 2.05) is 19.1 Å². The summed E-state index contributed by atoms with van der Waals surface area (Å²) in [7, 11) is -3.75. The number of nitrogens with zero attached hydrogens (tertiary/aromatic N) is 3. The van der Waals surface area contributed by atoms with E-state index in [-0.39, 0.29) is 20.7 Å². The van der Waals surface area contributed by atoms with E-state index in [1.54, 1.807) is 36.8 Å². The highest BCUT2D eigenvalue weighted by Gasteiger charge is 2.29. The third-order valence-electron chi connectivity index (χ3n) is 5.32. The second-order valence-electron chi connectivity index (χ2n) is 7.47. The molecule has 0 saturated carbocycles. The van der Waals surface area contributed by atoms with Crippen molar-refractivity contribution in [3.63, 3.8) is 0 Å². The lowest BCUT2D eigenvalue weighted by Gasteiger charge is -2.28. The lowest BCUT2D eigenvalue weighted by molar-refractivity contribution is 0.477. The number of aryl methyl sites for hydroxylation is 1. The van der Waals surface area contributed by atoms with Gasteiger partial charge in [-0.05, 0) is 53.9 Å². The van der Waals surface area contributed by atoms with Crippen molar-refractivity contribution < 1.29 is 8.76 Å². The van der Waals surface area contributed by atoms with Crippen LogP contribution >= 0.6 is 23.2 Å². The summed E-state index contributed by atoms with van der Waals surface area (Å²) in [5, 5.41) is 3.52. The molecule has 162 valence electrons. The Hall–Kier alpha value is -2.03. The first kappa shape index (κ1) is 22.2. The van der Waals surface area contributed by atoms with Crippen LogP contribution in [0.4, 0.5) is 5.82 Å². The molecule has 0 aliphatic carbocycles. The maximum Gasteiger partial charge on any atom is 0.193 e. The number of sulfone groups is 1. The molecule has 3 aromatic rings. The number of halogens is 2. The van der Waals surface area contributed by atoms with E-state index in [0.29, 0.717) is 5.56 Å². The van der Waals surface area contributed by atoms with Crippen molar-refractivity contribution in [2.75, 3.05) is 31.1 Å². The Bertz CT molecular complexity index is 1130. The second-order valence-corrected chi connectivity index (χ2v) is 10.2. The lowest BCUT2D eigenvalue weighted by Crippen LogP contribution is -2.43. The number of piperazine rings is 1. The van der Waals surface area contributed by atoms with E-state index >= 15 is 0 Å². The van der Waals surface area contributed by atoms with Crippen molar-refractivity contribution in [1.82, 2.24) is 15.3 Å². The highest BCUT2D eigenvalue weighted by atomic mass is 35.5. The number of aromatic nitrogens is 2. The zero-order valence-corrected chi connectivity index (χ0v) is 19.3. The van der Waals surface area contributed by atoms with Gasteiger partial charge in [0.15, 0.2) is 4.90 Å². The third-order valence-corrected chi connectivity index (χ3v) is 7.90. The summed E-state index contributed by atoms with van der Waals surface area (Å²) in [6, 6.07) is 8.90. The smallest absolute Gasteiger partial charge is 0.193 e. The summed E-state index contributed by atoms with van der Waals surface area (Å²) in [5.74, 6) is 0.656. The number of pyridine rings is 2. The molecule has 1 aliphatic rings. The van der Waals surface area contributed by atoms with Crippen LogP contribution in [0.2, 0.25) is 10.0 Å². The van der Waals surface area contributed by atoms with Crippen LogP contribution in [0.5, 0.6) is 0 Å². The predicted molar refractivity (Wildman–Crippen MR) is 125 cm³/mol. The van der Waals surface area contributed by atoms with Crippen molar-refractivity contribution in [2.24, 2.45) is 0 Å². The molecule has 1 fully saturated rings. The molecule has 2 aromatic heterocycles. The van der Waals surface area contributed by atoms with Gasteiger partial charge in [0.25, 0.3) is 0 Å². The quantitative estimate of drug-likeness (QED) is 0.550. The van der Waals surface area contributed by atoms with Crippen molar-refractivity contribution >= 4 is 39.2 Å². The summed E-state index contributed by atoms with van der Waals surface area (Å²) >= 11 is 12.9. The molecule has 0 bridgehead atoms. The van der Waals surface area contributed by atoms with Crippen LogP contribution in [0, 0.1) is 6.92 Å². The first-order valence-electron chi connectivity index (χ1n) is 9.88. The standard InChI is InChI=1S/C22H22Cl2N4O2S/c1-15-2-4-26-13-18(15)14-31(29,30)22-19(23)10-17(11-20(22)24)16-3-5-27-21(12-16)28-8-6-25-7-9-28/h2-5,10-13,25H,6-9,14H2,1H3. The minimum absolute atomic E-state index is 0.0563. The highest BCUT2D eigenvalue weighted by Crippen LogP contribution is 2.39. The Labute approximate surface area is 192 Å². The molecule has 1 atom stereocenters. The first-order chi connectivity index (χ1) is 14.8. The Morgan fingerprint density at radius 1 is 1.10 bits per heavy atom. The normalized spacial score (nSPS) is 16.2. The van der Waals surface area contributed by atoms with E-state index in [9.17, 15) is 8.76 Å². The molecule has 4 rings (SSSR count). The Kier molecular flexibility index (Phi) is 6.60. The zero-order chi connectivity index (χ0) is 22.0. The van der Waals surface area contributed by atoms with Crippen LogP contribution in [0.1, 0.15) is 11.1 Å². The molecule has 31 heavy (non-hydrogen) atoms. The first-order valence-corrected chi connectivity index (χ1v) is 12.3. The molecule has 0 amide bonds. The van der Waals surface area contributed by atoms with Gasteiger partial charge in [0, 0.05) is 50.3 Å². The lowest BCUT2D eigenvalue weighted by atomic mass is 10.1.